The van der Waals surface area contributed by atoms with Gasteiger partial charge >= 0.3 is 0 Å². The van der Waals surface area contributed by atoms with Gasteiger partial charge < -0.3 is 10.1 Å². The number of anilines is 1. The van der Waals surface area contributed by atoms with Crippen molar-refractivity contribution in [2.24, 2.45) is 5.92 Å². The Morgan fingerprint density at radius 1 is 1.13 bits per heavy atom. The second kappa shape index (κ2) is 8.82. The lowest BCUT2D eigenvalue weighted by molar-refractivity contribution is -0.120. The van der Waals surface area contributed by atoms with E-state index < -0.39 is 10.0 Å². The molecular formula is C20H22N6O4S. The summed E-state index contributed by atoms with van der Waals surface area (Å²) in [4.78, 5) is 12.9. The van der Waals surface area contributed by atoms with Crippen molar-refractivity contribution in [3.63, 3.8) is 0 Å². The van der Waals surface area contributed by atoms with Gasteiger partial charge in [0.25, 0.3) is 0 Å². The number of carbonyl (C=O) groups is 1. The molecule has 1 amide bonds. The average Bonchev–Trinajstić information content (AvgIpc) is 3.34. The summed E-state index contributed by atoms with van der Waals surface area (Å²) in [6.07, 6.45) is 2.38. The van der Waals surface area contributed by atoms with E-state index in [4.69, 9.17) is 4.74 Å². The molecule has 31 heavy (non-hydrogen) atoms. The van der Waals surface area contributed by atoms with Crippen LogP contribution in [0.2, 0.25) is 0 Å². The van der Waals surface area contributed by atoms with E-state index in [1.54, 1.807) is 30.3 Å². The predicted molar refractivity (Wildman–Crippen MR) is 112 cm³/mol. The SMILES string of the molecule is COc1ccc(S(=O)(=O)N2CCC(C(=O)Nc3cccc(-n4cnnn4)c3)CC2)cc1. The summed E-state index contributed by atoms with van der Waals surface area (Å²) in [5.41, 5.74) is 1.36. The Labute approximate surface area is 179 Å². The monoisotopic (exact) mass is 442 g/mol. The molecule has 0 saturated carbocycles. The van der Waals surface area contributed by atoms with Crippen molar-refractivity contribution in [3.8, 4) is 11.4 Å². The summed E-state index contributed by atoms with van der Waals surface area (Å²) < 4.78 is 33.7. The number of sulfonamides is 1. The number of nitrogens with one attached hydrogen (secondary N) is 1. The van der Waals surface area contributed by atoms with Gasteiger partial charge in [-0.05, 0) is 65.7 Å². The largest absolute Gasteiger partial charge is 0.497 e. The Morgan fingerprint density at radius 2 is 1.87 bits per heavy atom. The predicted octanol–water partition coefficient (Wildman–Crippen LogP) is 1.71. The molecule has 11 heteroatoms. The van der Waals surface area contributed by atoms with Crippen molar-refractivity contribution in [2.75, 3.05) is 25.5 Å². The van der Waals surface area contributed by atoms with Crippen LogP contribution in [0.15, 0.2) is 59.8 Å². The minimum absolute atomic E-state index is 0.129. The molecule has 1 aliphatic rings. The maximum absolute atomic E-state index is 12.9. The number of carbonyl (C=O) groups excluding carboxylic acids is 1. The molecule has 4 rings (SSSR count). The van der Waals surface area contributed by atoms with Crippen LogP contribution in [0, 0.1) is 5.92 Å². The first kappa shape index (κ1) is 20.9. The molecule has 0 spiro atoms. The fourth-order valence-electron chi connectivity index (χ4n) is 3.51. The molecule has 1 N–H and O–H groups in total. The number of ether oxygens (including phenoxy) is 1. The minimum atomic E-state index is -3.60. The van der Waals surface area contributed by atoms with E-state index in [9.17, 15) is 13.2 Å². The number of hydrogen-bond acceptors (Lipinski definition) is 7. The topological polar surface area (TPSA) is 119 Å². The van der Waals surface area contributed by atoms with Crippen molar-refractivity contribution >= 4 is 21.6 Å². The van der Waals surface area contributed by atoms with Gasteiger partial charge in [-0.3, -0.25) is 4.79 Å². The summed E-state index contributed by atoms with van der Waals surface area (Å²) in [6.45, 7) is 0.578. The third-order valence-electron chi connectivity index (χ3n) is 5.25. The number of nitrogens with zero attached hydrogens (tertiary/aromatic N) is 5. The molecule has 0 bridgehead atoms. The number of amides is 1. The maximum Gasteiger partial charge on any atom is 0.243 e. The van der Waals surface area contributed by atoms with Gasteiger partial charge in [-0.2, -0.15) is 4.31 Å². The summed E-state index contributed by atoms with van der Waals surface area (Å²) in [6, 6.07) is 13.5. The number of benzene rings is 2. The van der Waals surface area contributed by atoms with Gasteiger partial charge in [0.2, 0.25) is 15.9 Å². The highest BCUT2D eigenvalue weighted by atomic mass is 32.2. The van der Waals surface area contributed by atoms with Crippen molar-refractivity contribution < 1.29 is 17.9 Å². The first-order chi connectivity index (χ1) is 15.0. The molecular weight excluding hydrogens is 420 g/mol. The van der Waals surface area contributed by atoms with Gasteiger partial charge in [0.1, 0.15) is 12.1 Å². The fourth-order valence-corrected chi connectivity index (χ4v) is 4.97. The summed E-state index contributed by atoms with van der Waals surface area (Å²) in [5, 5.41) is 14.0. The van der Waals surface area contributed by atoms with Crippen LogP contribution in [0.1, 0.15) is 12.8 Å². The smallest absolute Gasteiger partial charge is 0.243 e. The second-order valence-corrected chi connectivity index (χ2v) is 9.09. The van der Waals surface area contributed by atoms with Crippen molar-refractivity contribution in [1.29, 1.82) is 0 Å². The average molecular weight is 443 g/mol. The van der Waals surface area contributed by atoms with E-state index >= 15 is 0 Å². The molecule has 3 aromatic rings. The quantitative estimate of drug-likeness (QED) is 0.617. The summed E-state index contributed by atoms with van der Waals surface area (Å²) >= 11 is 0. The lowest BCUT2D eigenvalue weighted by Gasteiger charge is -2.30. The first-order valence-corrected chi connectivity index (χ1v) is 11.2. The fraction of sp³-hybridized carbons (Fsp3) is 0.300. The molecule has 1 saturated heterocycles. The number of piperidine rings is 1. The van der Waals surface area contributed by atoms with E-state index in [1.165, 1.54) is 34.6 Å². The van der Waals surface area contributed by atoms with Crippen LogP contribution in [-0.4, -0.2) is 59.0 Å². The van der Waals surface area contributed by atoms with E-state index in [0.717, 1.165) is 5.69 Å². The number of methoxy groups -OCH3 is 1. The van der Waals surface area contributed by atoms with Crippen molar-refractivity contribution in [3.05, 3.63) is 54.9 Å². The minimum Gasteiger partial charge on any atom is -0.497 e. The molecule has 0 atom stereocenters. The molecule has 1 aromatic heterocycles. The van der Waals surface area contributed by atoms with Gasteiger partial charge in [-0.15, -0.1) is 5.10 Å². The first-order valence-electron chi connectivity index (χ1n) is 9.76. The Hall–Kier alpha value is -3.31. The van der Waals surface area contributed by atoms with Crippen LogP contribution in [0.25, 0.3) is 5.69 Å². The third kappa shape index (κ3) is 4.57. The molecule has 2 heterocycles. The van der Waals surface area contributed by atoms with Gasteiger partial charge in [0.15, 0.2) is 0 Å². The number of aromatic nitrogens is 4. The zero-order chi connectivity index (χ0) is 21.8. The van der Waals surface area contributed by atoms with Gasteiger partial charge in [-0.25, -0.2) is 13.1 Å². The van der Waals surface area contributed by atoms with E-state index in [0.29, 0.717) is 24.3 Å². The molecule has 1 aliphatic heterocycles. The standard InChI is InChI=1S/C20H22N6O4S/c1-30-18-5-7-19(8-6-18)31(28,29)25-11-9-15(10-12-25)20(27)22-16-3-2-4-17(13-16)26-14-21-23-24-26/h2-8,13-15H,9-12H2,1H3,(H,22,27). The highest BCUT2D eigenvalue weighted by molar-refractivity contribution is 7.89. The van der Waals surface area contributed by atoms with Crippen LogP contribution in [0.5, 0.6) is 5.75 Å². The zero-order valence-electron chi connectivity index (χ0n) is 16.9. The summed E-state index contributed by atoms with van der Waals surface area (Å²) in [5.74, 6) is 0.202. The van der Waals surface area contributed by atoms with Gasteiger partial charge in [0.05, 0.1) is 17.7 Å². The van der Waals surface area contributed by atoms with E-state index in [-0.39, 0.29) is 29.8 Å². The lowest BCUT2D eigenvalue weighted by Crippen LogP contribution is -2.41. The van der Waals surface area contributed by atoms with Crippen LogP contribution in [0.3, 0.4) is 0 Å². The molecule has 162 valence electrons. The van der Waals surface area contributed by atoms with E-state index in [1.807, 2.05) is 6.07 Å². The van der Waals surface area contributed by atoms with Crippen LogP contribution in [0.4, 0.5) is 5.69 Å². The summed E-state index contributed by atoms with van der Waals surface area (Å²) in [7, 11) is -2.07. The lowest BCUT2D eigenvalue weighted by atomic mass is 9.97. The highest BCUT2D eigenvalue weighted by Gasteiger charge is 2.32. The number of tetrazole rings is 1. The molecule has 0 aliphatic carbocycles. The Bertz CT molecular complexity index is 1140. The Balaban J connectivity index is 1.37. The van der Waals surface area contributed by atoms with Gasteiger partial charge in [-0.1, -0.05) is 6.07 Å². The molecule has 2 aromatic carbocycles. The molecule has 0 unspecified atom stereocenters. The molecule has 10 nitrogen and oxygen atoms in total. The number of rotatable bonds is 6. The second-order valence-electron chi connectivity index (χ2n) is 7.15. The Morgan fingerprint density at radius 3 is 2.52 bits per heavy atom. The zero-order valence-corrected chi connectivity index (χ0v) is 17.7. The third-order valence-corrected chi connectivity index (χ3v) is 7.16. The van der Waals surface area contributed by atoms with E-state index in [2.05, 4.69) is 20.8 Å². The molecule has 0 radical (unpaired) electrons. The van der Waals surface area contributed by atoms with Gasteiger partial charge in [0, 0.05) is 24.7 Å². The van der Waals surface area contributed by atoms with Crippen LogP contribution in [-0.2, 0) is 14.8 Å². The highest BCUT2D eigenvalue weighted by Crippen LogP contribution is 2.26. The maximum atomic E-state index is 12.9. The molecule has 1 fully saturated rings. The van der Waals surface area contributed by atoms with Crippen molar-refractivity contribution in [2.45, 2.75) is 17.7 Å². The van der Waals surface area contributed by atoms with Crippen LogP contribution < -0.4 is 10.1 Å². The number of hydrogen-bond donors (Lipinski definition) is 1. The van der Waals surface area contributed by atoms with Crippen molar-refractivity contribution in [1.82, 2.24) is 24.5 Å². The Kier molecular flexibility index (Phi) is 5.96. The normalized spacial score (nSPS) is 15.5. The van der Waals surface area contributed by atoms with Crippen LogP contribution >= 0.6 is 0 Å².